The maximum atomic E-state index is 9.21. The van der Waals surface area contributed by atoms with E-state index >= 15 is 0 Å². The van der Waals surface area contributed by atoms with Crippen LogP contribution < -0.4 is 0 Å². The molecular formula is C9H18O. The molecule has 0 aliphatic heterocycles. The van der Waals surface area contributed by atoms with Crippen LogP contribution in [0.5, 0.6) is 0 Å². The summed E-state index contributed by atoms with van der Waals surface area (Å²) in [4.78, 5) is 0. The molecule has 0 aromatic carbocycles. The van der Waals surface area contributed by atoms with Gasteiger partial charge in [0.15, 0.2) is 0 Å². The molecule has 0 saturated heterocycles. The van der Waals surface area contributed by atoms with Gasteiger partial charge >= 0.3 is 0 Å². The van der Waals surface area contributed by atoms with Crippen molar-refractivity contribution < 1.29 is 5.11 Å². The second-order valence-corrected chi connectivity index (χ2v) is 3.96. The lowest BCUT2D eigenvalue weighted by Gasteiger charge is -2.10. The molecule has 60 valence electrons. The molecule has 0 aromatic rings. The first-order valence-electron chi connectivity index (χ1n) is 4.36. The second-order valence-electron chi connectivity index (χ2n) is 3.96. The highest BCUT2D eigenvalue weighted by Crippen LogP contribution is 2.30. The predicted octanol–water partition coefficient (Wildman–Crippen LogP) is 2.19. The van der Waals surface area contributed by atoms with Crippen molar-refractivity contribution in [2.24, 2.45) is 11.8 Å². The SMILES string of the molecule is CC(C)CC1CCC(O)C1. The molecular weight excluding hydrogens is 124 g/mol. The van der Waals surface area contributed by atoms with Crippen LogP contribution in [-0.4, -0.2) is 11.2 Å². The van der Waals surface area contributed by atoms with Gasteiger partial charge < -0.3 is 5.11 Å². The molecule has 0 heterocycles. The zero-order valence-electron chi connectivity index (χ0n) is 7.01. The van der Waals surface area contributed by atoms with Gasteiger partial charge in [-0.2, -0.15) is 0 Å². The third kappa shape index (κ3) is 2.30. The Morgan fingerprint density at radius 3 is 2.50 bits per heavy atom. The molecule has 1 N–H and O–H groups in total. The lowest BCUT2D eigenvalue weighted by Crippen LogP contribution is -2.02. The lowest BCUT2D eigenvalue weighted by molar-refractivity contribution is 0.175. The molecule has 1 fully saturated rings. The van der Waals surface area contributed by atoms with Crippen molar-refractivity contribution in [3.05, 3.63) is 0 Å². The van der Waals surface area contributed by atoms with Crippen LogP contribution in [0.25, 0.3) is 0 Å². The van der Waals surface area contributed by atoms with Gasteiger partial charge in [-0.3, -0.25) is 0 Å². The summed E-state index contributed by atoms with van der Waals surface area (Å²) in [6.45, 7) is 4.51. The monoisotopic (exact) mass is 142 g/mol. The van der Waals surface area contributed by atoms with E-state index in [2.05, 4.69) is 13.8 Å². The van der Waals surface area contributed by atoms with Gasteiger partial charge in [0.05, 0.1) is 6.10 Å². The molecule has 10 heavy (non-hydrogen) atoms. The maximum absolute atomic E-state index is 9.21. The zero-order valence-corrected chi connectivity index (χ0v) is 7.01. The molecule has 0 spiro atoms. The molecule has 1 saturated carbocycles. The first-order chi connectivity index (χ1) is 4.68. The minimum Gasteiger partial charge on any atom is -0.393 e. The van der Waals surface area contributed by atoms with Crippen LogP contribution in [0, 0.1) is 11.8 Å². The van der Waals surface area contributed by atoms with Gasteiger partial charge in [0, 0.05) is 0 Å². The lowest BCUT2D eigenvalue weighted by atomic mass is 9.96. The molecule has 1 aliphatic carbocycles. The van der Waals surface area contributed by atoms with Crippen molar-refractivity contribution in [3.8, 4) is 0 Å². The molecule has 0 radical (unpaired) electrons. The summed E-state index contributed by atoms with van der Waals surface area (Å²) in [5.74, 6) is 1.62. The number of aliphatic hydroxyl groups is 1. The Hall–Kier alpha value is -0.0400. The van der Waals surface area contributed by atoms with E-state index in [1.807, 2.05) is 0 Å². The van der Waals surface area contributed by atoms with Gasteiger partial charge in [-0.1, -0.05) is 13.8 Å². The summed E-state index contributed by atoms with van der Waals surface area (Å²) >= 11 is 0. The fourth-order valence-corrected chi connectivity index (χ4v) is 1.93. The van der Waals surface area contributed by atoms with Gasteiger partial charge in [0.25, 0.3) is 0 Å². The number of rotatable bonds is 2. The minimum absolute atomic E-state index is 0.0174. The molecule has 0 amide bonds. The van der Waals surface area contributed by atoms with Crippen molar-refractivity contribution in [3.63, 3.8) is 0 Å². The van der Waals surface area contributed by atoms with Crippen molar-refractivity contribution in [2.75, 3.05) is 0 Å². The van der Waals surface area contributed by atoms with E-state index in [0.717, 1.165) is 24.7 Å². The fraction of sp³-hybridized carbons (Fsp3) is 1.00. The van der Waals surface area contributed by atoms with Crippen molar-refractivity contribution in [1.29, 1.82) is 0 Å². The van der Waals surface area contributed by atoms with E-state index in [1.165, 1.54) is 12.8 Å². The topological polar surface area (TPSA) is 20.2 Å². The molecule has 0 bridgehead atoms. The molecule has 1 aliphatic rings. The average Bonchev–Trinajstić information content (AvgIpc) is 2.13. The van der Waals surface area contributed by atoms with Crippen LogP contribution in [0.2, 0.25) is 0 Å². The van der Waals surface area contributed by atoms with Crippen LogP contribution >= 0.6 is 0 Å². The van der Waals surface area contributed by atoms with E-state index in [4.69, 9.17) is 0 Å². The van der Waals surface area contributed by atoms with Crippen LogP contribution in [0.3, 0.4) is 0 Å². The Kier molecular flexibility index (Phi) is 2.72. The first kappa shape index (κ1) is 8.06. The van der Waals surface area contributed by atoms with E-state index in [9.17, 15) is 5.11 Å². The Morgan fingerprint density at radius 2 is 2.10 bits per heavy atom. The molecule has 2 unspecified atom stereocenters. The molecule has 2 atom stereocenters. The minimum atomic E-state index is 0.0174. The van der Waals surface area contributed by atoms with Crippen LogP contribution in [0.4, 0.5) is 0 Å². The normalized spacial score (nSPS) is 33.6. The summed E-state index contributed by atoms with van der Waals surface area (Å²) in [7, 11) is 0. The van der Waals surface area contributed by atoms with Crippen LogP contribution in [0.1, 0.15) is 39.5 Å². The van der Waals surface area contributed by atoms with E-state index in [1.54, 1.807) is 0 Å². The number of aliphatic hydroxyl groups excluding tert-OH is 1. The quantitative estimate of drug-likeness (QED) is 0.626. The number of hydrogen-bond donors (Lipinski definition) is 1. The molecule has 0 aromatic heterocycles. The van der Waals surface area contributed by atoms with E-state index < -0.39 is 0 Å². The summed E-state index contributed by atoms with van der Waals surface area (Å²) in [5, 5.41) is 9.21. The first-order valence-corrected chi connectivity index (χ1v) is 4.36. The van der Waals surface area contributed by atoms with Gasteiger partial charge in [-0.25, -0.2) is 0 Å². The standard InChI is InChI=1S/C9H18O/c1-7(2)5-8-3-4-9(10)6-8/h7-10H,3-6H2,1-2H3. The fourth-order valence-electron chi connectivity index (χ4n) is 1.93. The van der Waals surface area contributed by atoms with Crippen molar-refractivity contribution in [1.82, 2.24) is 0 Å². The van der Waals surface area contributed by atoms with Crippen LogP contribution in [0.15, 0.2) is 0 Å². The summed E-state index contributed by atoms with van der Waals surface area (Å²) in [6.07, 6.45) is 4.66. The third-order valence-corrected chi connectivity index (χ3v) is 2.32. The second kappa shape index (κ2) is 3.38. The Morgan fingerprint density at radius 1 is 1.40 bits per heavy atom. The van der Waals surface area contributed by atoms with Gasteiger partial charge in [-0.15, -0.1) is 0 Å². The molecule has 1 rings (SSSR count). The maximum Gasteiger partial charge on any atom is 0.0543 e. The van der Waals surface area contributed by atoms with Gasteiger partial charge in [0.2, 0.25) is 0 Å². The molecule has 1 nitrogen and oxygen atoms in total. The third-order valence-electron chi connectivity index (χ3n) is 2.32. The zero-order chi connectivity index (χ0) is 7.56. The van der Waals surface area contributed by atoms with Crippen LogP contribution in [-0.2, 0) is 0 Å². The number of hydrogen-bond acceptors (Lipinski definition) is 1. The Bertz CT molecular complexity index is 98.9. The van der Waals surface area contributed by atoms with Gasteiger partial charge in [0.1, 0.15) is 0 Å². The summed E-state index contributed by atoms with van der Waals surface area (Å²) in [5.41, 5.74) is 0. The van der Waals surface area contributed by atoms with Crippen molar-refractivity contribution in [2.45, 2.75) is 45.6 Å². The van der Waals surface area contributed by atoms with Gasteiger partial charge in [-0.05, 0) is 37.5 Å². The predicted molar refractivity (Wildman–Crippen MR) is 42.8 cm³/mol. The van der Waals surface area contributed by atoms with E-state index in [0.29, 0.717) is 0 Å². The smallest absolute Gasteiger partial charge is 0.0543 e. The average molecular weight is 142 g/mol. The highest BCUT2D eigenvalue weighted by Gasteiger charge is 2.22. The highest BCUT2D eigenvalue weighted by atomic mass is 16.3. The molecule has 1 heteroatoms. The summed E-state index contributed by atoms with van der Waals surface area (Å²) < 4.78 is 0. The van der Waals surface area contributed by atoms with E-state index in [-0.39, 0.29) is 6.10 Å². The Balaban J connectivity index is 2.18. The largest absolute Gasteiger partial charge is 0.393 e. The highest BCUT2D eigenvalue weighted by molar-refractivity contribution is 4.75. The summed E-state index contributed by atoms with van der Waals surface area (Å²) in [6, 6.07) is 0. The Labute approximate surface area is 63.4 Å². The van der Waals surface area contributed by atoms with Crippen molar-refractivity contribution >= 4 is 0 Å².